The molecule has 1 aromatic carbocycles. The van der Waals surface area contributed by atoms with E-state index in [0.29, 0.717) is 18.0 Å². The molecule has 1 aromatic rings. The van der Waals surface area contributed by atoms with Crippen LogP contribution in [-0.4, -0.2) is 19.4 Å². The van der Waals surface area contributed by atoms with Crippen LogP contribution in [0.1, 0.15) is 11.1 Å². The molecule has 0 aromatic heterocycles. The largest absolute Gasteiger partial charge is 0.493 e. The molecular formula is C10H14BrNO3. The number of hydrogen-bond acceptors (Lipinski definition) is 4. The summed E-state index contributed by atoms with van der Waals surface area (Å²) in [5.74, 6) is 1.30. The zero-order valence-corrected chi connectivity index (χ0v) is 10.5. The Kier molecular flexibility index (Phi) is 4.38. The van der Waals surface area contributed by atoms with Crippen LogP contribution in [0.2, 0.25) is 0 Å². The highest BCUT2D eigenvalue weighted by Crippen LogP contribution is 2.39. The maximum absolute atomic E-state index is 8.72. The molecule has 4 nitrogen and oxygen atoms in total. The fraction of sp³-hybridized carbons (Fsp3) is 0.400. The van der Waals surface area contributed by atoms with Gasteiger partial charge in [0, 0.05) is 6.54 Å². The van der Waals surface area contributed by atoms with Crippen molar-refractivity contribution in [2.24, 2.45) is 0 Å². The molecule has 5 heteroatoms. The highest BCUT2D eigenvalue weighted by molar-refractivity contribution is 9.10. The van der Waals surface area contributed by atoms with Crippen LogP contribution in [0.5, 0.6) is 11.5 Å². The first-order valence-electron chi connectivity index (χ1n) is 4.42. The number of aryl methyl sites for hydroxylation is 1. The van der Waals surface area contributed by atoms with Crippen molar-refractivity contribution in [3.8, 4) is 11.5 Å². The van der Waals surface area contributed by atoms with Gasteiger partial charge >= 0.3 is 0 Å². The highest BCUT2D eigenvalue weighted by Gasteiger charge is 2.15. The van der Waals surface area contributed by atoms with Crippen LogP contribution in [0.4, 0.5) is 0 Å². The molecule has 2 N–H and O–H groups in total. The topological polar surface area (TPSA) is 50.7 Å². The van der Waals surface area contributed by atoms with Crippen LogP contribution in [-0.2, 0) is 6.54 Å². The molecule has 0 saturated heterocycles. The van der Waals surface area contributed by atoms with E-state index in [1.807, 2.05) is 13.0 Å². The third-order valence-corrected chi connectivity index (χ3v) is 3.03. The lowest BCUT2D eigenvalue weighted by Gasteiger charge is -2.15. The molecule has 15 heavy (non-hydrogen) atoms. The van der Waals surface area contributed by atoms with Gasteiger partial charge in [-0.25, -0.2) is 5.48 Å². The average molecular weight is 276 g/mol. The zero-order chi connectivity index (χ0) is 11.4. The summed E-state index contributed by atoms with van der Waals surface area (Å²) in [5, 5.41) is 8.72. The summed E-state index contributed by atoms with van der Waals surface area (Å²) in [7, 11) is 3.17. The fourth-order valence-corrected chi connectivity index (χ4v) is 2.22. The Morgan fingerprint density at radius 2 is 2.07 bits per heavy atom. The van der Waals surface area contributed by atoms with E-state index in [9.17, 15) is 0 Å². The summed E-state index contributed by atoms with van der Waals surface area (Å²) in [4.78, 5) is 0. The van der Waals surface area contributed by atoms with Gasteiger partial charge in [0.1, 0.15) is 0 Å². The summed E-state index contributed by atoms with van der Waals surface area (Å²) < 4.78 is 11.2. The predicted molar refractivity (Wildman–Crippen MR) is 60.6 cm³/mol. The van der Waals surface area contributed by atoms with Gasteiger partial charge in [-0.1, -0.05) is 0 Å². The maximum Gasteiger partial charge on any atom is 0.175 e. The quantitative estimate of drug-likeness (QED) is 0.828. The summed E-state index contributed by atoms with van der Waals surface area (Å²) in [6.45, 7) is 2.30. The van der Waals surface area contributed by atoms with Gasteiger partial charge in [-0.3, -0.25) is 0 Å². The van der Waals surface area contributed by atoms with E-state index in [2.05, 4.69) is 21.4 Å². The van der Waals surface area contributed by atoms with Crippen molar-refractivity contribution >= 4 is 15.9 Å². The van der Waals surface area contributed by atoms with Crippen molar-refractivity contribution in [2.45, 2.75) is 13.5 Å². The van der Waals surface area contributed by atoms with Gasteiger partial charge in [0.05, 0.1) is 18.7 Å². The van der Waals surface area contributed by atoms with Gasteiger partial charge in [-0.05, 0) is 40.0 Å². The lowest BCUT2D eigenvalue weighted by atomic mass is 10.1. The monoisotopic (exact) mass is 275 g/mol. The van der Waals surface area contributed by atoms with Gasteiger partial charge < -0.3 is 14.7 Å². The third-order valence-electron chi connectivity index (χ3n) is 2.19. The minimum absolute atomic E-state index is 0.354. The van der Waals surface area contributed by atoms with Gasteiger partial charge in [-0.2, -0.15) is 0 Å². The Bertz CT molecular complexity index is 355. The second-order valence-electron chi connectivity index (χ2n) is 3.06. The Labute approximate surface area is 97.3 Å². The molecule has 0 aliphatic carbocycles. The molecule has 0 bridgehead atoms. The van der Waals surface area contributed by atoms with Crippen LogP contribution in [0.25, 0.3) is 0 Å². The van der Waals surface area contributed by atoms with Crippen molar-refractivity contribution in [2.75, 3.05) is 14.2 Å². The van der Waals surface area contributed by atoms with Gasteiger partial charge in [0.15, 0.2) is 11.5 Å². The van der Waals surface area contributed by atoms with E-state index < -0.39 is 0 Å². The molecule has 0 spiro atoms. The smallest absolute Gasteiger partial charge is 0.175 e. The van der Waals surface area contributed by atoms with Crippen LogP contribution >= 0.6 is 15.9 Å². The fourth-order valence-electron chi connectivity index (χ4n) is 1.41. The van der Waals surface area contributed by atoms with E-state index in [-0.39, 0.29) is 0 Å². The van der Waals surface area contributed by atoms with Gasteiger partial charge in [0.2, 0.25) is 0 Å². The number of nitrogens with one attached hydrogen (secondary N) is 1. The number of methoxy groups -OCH3 is 2. The van der Waals surface area contributed by atoms with E-state index in [1.54, 1.807) is 14.2 Å². The highest BCUT2D eigenvalue weighted by atomic mass is 79.9. The summed E-state index contributed by atoms with van der Waals surface area (Å²) in [6, 6.07) is 1.87. The molecule has 0 aliphatic rings. The lowest BCUT2D eigenvalue weighted by molar-refractivity contribution is 0.160. The number of hydroxylamine groups is 1. The lowest BCUT2D eigenvalue weighted by Crippen LogP contribution is -2.09. The molecule has 0 amide bonds. The first-order chi connectivity index (χ1) is 7.15. The van der Waals surface area contributed by atoms with E-state index in [0.717, 1.165) is 15.6 Å². The van der Waals surface area contributed by atoms with Crippen LogP contribution in [0.15, 0.2) is 10.5 Å². The van der Waals surface area contributed by atoms with E-state index >= 15 is 0 Å². The van der Waals surface area contributed by atoms with Gasteiger partial charge in [-0.15, -0.1) is 0 Å². The van der Waals surface area contributed by atoms with Crippen molar-refractivity contribution < 1.29 is 14.7 Å². The van der Waals surface area contributed by atoms with Crippen LogP contribution < -0.4 is 15.0 Å². The Balaban J connectivity index is 3.31. The van der Waals surface area contributed by atoms with Gasteiger partial charge in [0.25, 0.3) is 0 Å². The van der Waals surface area contributed by atoms with Crippen LogP contribution in [0, 0.1) is 6.92 Å². The number of hydrogen-bond donors (Lipinski definition) is 2. The van der Waals surface area contributed by atoms with Crippen molar-refractivity contribution in [3.63, 3.8) is 0 Å². The first-order valence-corrected chi connectivity index (χ1v) is 5.21. The molecule has 0 radical (unpaired) electrons. The SMILES string of the molecule is COc1cc(C)c(CNO)c(Br)c1OC. The minimum atomic E-state index is 0.354. The third kappa shape index (κ3) is 2.42. The summed E-state index contributed by atoms with van der Waals surface area (Å²) >= 11 is 3.43. The maximum atomic E-state index is 8.72. The first kappa shape index (κ1) is 12.3. The standard InChI is InChI=1S/C10H14BrNO3/c1-6-4-8(14-2)10(15-3)9(11)7(6)5-12-13/h4,12-13H,5H2,1-3H3. The molecule has 0 unspecified atom stereocenters. The summed E-state index contributed by atoms with van der Waals surface area (Å²) in [5.41, 5.74) is 4.08. The van der Waals surface area contributed by atoms with Crippen LogP contribution in [0.3, 0.4) is 0 Å². The van der Waals surface area contributed by atoms with Crippen molar-refractivity contribution in [1.82, 2.24) is 5.48 Å². The number of halogens is 1. The Morgan fingerprint density at radius 3 is 2.53 bits per heavy atom. The van der Waals surface area contributed by atoms with E-state index in [4.69, 9.17) is 14.7 Å². The molecule has 0 saturated carbocycles. The number of benzene rings is 1. The molecule has 0 aliphatic heterocycles. The number of rotatable bonds is 4. The molecule has 0 heterocycles. The molecule has 0 atom stereocenters. The molecule has 84 valence electrons. The minimum Gasteiger partial charge on any atom is -0.493 e. The second kappa shape index (κ2) is 5.34. The molecular weight excluding hydrogens is 262 g/mol. The Morgan fingerprint density at radius 1 is 1.40 bits per heavy atom. The predicted octanol–water partition coefficient (Wildman–Crippen LogP) is 2.25. The Hall–Kier alpha value is -0.780. The van der Waals surface area contributed by atoms with E-state index in [1.165, 1.54) is 0 Å². The second-order valence-corrected chi connectivity index (χ2v) is 3.85. The summed E-state index contributed by atoms with van der Waals surface area (Å²) in [6.07, 6.45) is 0. The van der Waals surface area contributed by atoms with Crippen molar-refractivity contribution in [3.05, 3.63) is 21.7 Å². The normalized spacial score (nSPS) is 10.2. The molecule has 0 fully saturated rings. The van der Waals surface area contributed by atoms with Crippen molar-refractivity contribution in [1.29, 1.82) is 0 Å². The average Bonchev–Trinajstić information content (AvgIpc) is 2.23. The molecule has 1 rings (SSSR count). The number of ether oxygens (including phenoxy) is 2. The zero-order valence-electron chi connectivity index (χ0n) is 8.93.